The van der Waals surface area contributed by atoms with Gasteiger partial charge in [-0.05, 0) is 12.5 Å². The van der Waals surface area contributed by atoms with Crippen LogP contribution in [-0.2, 0) is 0 Å². The zero-order valence-electron chi connectivity index (χ0n) is 7.62. The van der Waals surface area contributed by atoms with Crippen LogP contribution < -0.4 is 0 Å². The van der Waals surface area contributed by atoms with E-state index in [0.717, 1.165) is 12.7 Å². The van der Waals surface area contributed by atoms with Gasteiger partial charge in [-0.15, -0.1) is 0 Å². The topological polar surface area (TPSA) is 34.1 Å². The fraction of sp³-hybridized carbons (Fsp3) is 0.273. The maximum atomic E-state index is 11.4. The summed E-state index contributed by atoms with van der Waals surface area (Å²) in [4.78, 5) is 21.8. The van der Waals surface area contributed by atoms with Crippen LogP contribution in [0.1, 0.15) is 40.5 Å². The Balaban J connectivity index is 2.88. The first-order chi connectivity index (χ1) is 6.27. The van der Waals surface area contributed by atoms with Crippen LogP contribution in [0.25, 0.3) is 0 Å². The largest absolute Gasteiger partial charge is 0.298 e. The highest BCUT2D eigenvalue weighted by Gasteiger charge is 2.03. The highest BCUT2D eigenvalue weighted by molar-refractivity contribution is 5.97. The van der Waals surface area contributed by atoms with Crippen LogP contribution in [0.4, 0.5) is 0 Å². The van der Waals surface area contributed by atoms with E-state index in [1.165, 1.54) is 0 Å². The zero-order chi connectivity index (χ0) is 9.68. The SMILES string of the molecule is CCCC(=O)c1cccc(C=O)c1. The molecule has 0 saturated carbocycles. The average molecular weight is 176 g/mol. The number of Topliss-reactive ketones (excluding diaryl/α,β-unsaturated/α-hetero) is 1. The van der Waals surface area contributed by atoms with Crippen LogP contribution >= 0.6 is 0 Å². The van der Waals surface area contributed by atoms with E-state index >= 15 is 0 Å². The van der Waals surface area contributed by atoms with Crippen LogP contribution in [0.2, 0.25) is 0 Å². The molecule has 1 aromatic carbocycles. The number of hydrogen-bond acceptors (Lipinski definition) is 2. The molecule has 2 nitrogen and oxygen atoms in total. The Labute approximate surface area is 77.6 Å². The maximum Gasteiger partial charge on any atom is 0.162 e. The van der Waals surface area contributed by atoms with Gasteiger partial charge in [0.2, 0.25) is 0 Å². The van der Waals surface area contributed by atoms with Gasteiger partial charge in [0.1, 0.15) is 6.29 Å². The Hall–Kier alpha value is -1.44. The fourth-order valence-electron chi connectivity index (χ4n) is 1.16. The van der Waals surface area contributed by atoms with Gasteiger partial charge >= 0.3 is 0 Å². The van der Waals surface area contributed by atoms with Crippen molar-refractivity contribution in [3.8, 4) is 0 Å². The van der Waals surface area contributed by atoms with Crippen molar-refractivity contribution in [3.63, 3.8) is 0 Å². The summed E-state index contributed by atoms with van der Waals surface area (Å²) < 4.78 is 0. The van der Waals surface area contributed by atoms with Crippen molar-refractivity contribution in [1.82, 2.24) is 0 Å². The fourth-order valence-corrected chi connectivity index (χ4v) is 1.16. The van der Waals surface area contributed by atoms with Gasteiger partial charge in [0, 0.05) is 17.5 Å². The predicted molar refractivity (Wildman–Crippen MR) is 51.1 cm³/mol. The molecular weight excluding hydrogens is 164 g/mol. The number of benzene rings is 1. The number of ketones is 1. The first-order valence-corrected chi connectivity index (χ1v) is 4.36. The van der Waals surface area contributed by atoms with E-state index in [9.17, 15) is 9.59 Å². The van der Waals surface area contributed by atoms with Gasteiger partial charge in [-0.2, -0.15) is 0 Å². The summed E-state index contributed by atoms with van der Waals surface area (Å²) in [5.74, 6) is 0.103. The van der Waals surface area contributed by atoms with Gasteiger partial charge in [-0.25, -0.2) is 0 Å². The molecule has 0 saturated heterocycles. The zero-order valence-corrected chi connectivity index (χ0v) is 7.62. The Kier molecular flexibility index (Phi) is 3.38. The van der Waals surface area contributed by atoms with Crippen LogP contribution in [0.15, 0.2) is 24.3 Å². The van der Waals surface area contributed by atoms with E-state index in [1.807, 2.05) is 6.92 Å². The van der Waals surface area contributed by atoms with E-state index in [2.05, 4.69) is 0 Å². The second-order valence-electron chi connectivity index (χ2n) is 2.92. The van der Waals surface area contributed by atoms with Gasteiger partial charge in [0.05, 0.1) is 0 Å². The molecule has 0 aliphatic rings. The van der Waals surface area contributed by atoms with Gasteiger partial charge in [-0.3, -0.25) is 9.59 Å². The van der Waals surface area contributed by atoms with Crippen molar-refractivity contribution in [2.75, 3.05) is 0 Å². The van der Waals surface area contributed by atoms with E-state index in [0.29, 0.717) is 17.5 Å². The molecule has 0 fully saturated rings. The maximum absolute atomic E-state index is 11.4. The van der Waals surface area contributed by atoms with Crippen molar-refractivity contribution in [1.29, 1.82) is 0 Å². The summed E-state index contributed by atoms with van der Waals surface area (Å²) >= 11 is 0. The average Bonchev–Trinajstić information content (AvgIpc) is 2.18. The first-order valence-electron chi connectivity index (χ1n) is 4.36. The van der Waals surface area contributed by atoms with Crippen molar-refractivity contribution in [2.45, 2.75) is 19.8 Å². The van der Waals surface area contributed by atoms with Crippen molar-refractivity contribution < 1.29 is 9.59 Å². The van der Waals surface area contributed by atoms with Crippen molar-refractivity contribution in [3.05, 3.63) is 35.4 Å². The number of hydrogen-bond donors (Lipinski definition) is 0. The second kappa shape index (κ2) is 4.55. The van der Waals surface area contributed by atoms with Crippen LogP contribution in [0.5, 0.6) is 0 Å². The Bertz CT molecular complexity index is 316. The number of carbonyl (C=O) groups excluding carboxylic acids is 2. The molecule has 13 heavy (non-hydrogen) atoms. The predicted octanol–water partition coefficient (Wildman–Crippen LogP) is 2.48. The third-order valence-electron chi connectivity index (χ3n) is 1.82. The van der Waals surface area contributed by atoms with Gasteiger partial charge in [0.15, 0.2) is 5.78 Å². The lowest BCUT2D eigenvalue weighted by molar-refractivity contribution is 0.0981. The van der Waals surface area contributed by atoms with Crippen LogP contribution in [0.3, 0.4) is 0 Å². The van der Waals surface area contributed by atoms with Crippen LogP contribution in [-0.4, -0.2) is 12.1 Å². The quantitative estimate of drug-likeness (QED) is 0.521. The molecular formula is C11H12O2. The molecule has 0 bridgehead atoms. The number of carbonyl (C=O) groups is 2. The Morgan fingerprint density at radius 3 is 2.85 bits per heavy atom. The molecule has 0 aliphatic carbocycles. The highest BCUT2D eigenvalue weighted by atomic mass is 16.1. The normalized spacial score (nSPS) is 9.62. The highest BCUT2D eigenvalue weighted by Crippen LogP contribution is 2.07. The molecule has 0 radical (unpaired) electrons. The Morgan fingerprint density at radius 2 is 2.23 bits per heavy atom. The van der Waals surface area contributed by atoms with Crippen molar-refractivity contribution >= 4 is 12.1 Å². The number of aldehydes is 1. The minimum absolute atomic E-state index is 0.103. The first kappa shape index (κ1) is 9.65. The van der Waals surface area contributed by atoms with E-state index in [-0.39, 0.29) is 5.78 Å². The smallest absolute Gasteiger partial charge is 0.162 e. The van der Waals surface area contributed by atoms with Gasteiger partial charge in [-0.1, -0.05) is 25.1 Å². The monoisotopic (exact) mass is 176 g/mol. The lowest BCUT2D eigenvalue weighted by atomic mass is 10.0. The lowest BCUT2D eigenvalue weighted by Crippen LogP contribution is -1.98. The number of rotatable bonds is 4. The molecule has 0 unspecified atom stereocenters. The second-order valence-corrected chi connectivity index (χ2v) is 2.92. The summed E-state index contributed by atoms with van der Waals surface area (Å²) in [5, 5.41) is 0. The van der Waals surface area contributed by atoms with E-state index in [4.69, 9.17) is 0 Å². The summed E-state index contributed by atoms with van der Waals surface area (Å²) in [6, 6.07) is 6.79. The van der Waals surface area contributed by atoms with E-state index in [1.54, 1.807) is 24.3 Å². The van der Waals surface area contributed by atoms with Gasteiger partial charge in [0.25, 0.3) is 0 Å². The molecule has 0 aromatic heterocycles. The molecule has 1 rings (SSSR count). The third kappa shape index (κ3) is 2.51. The minimum atomic E-state index is 0.103. The molecule has 0 amide bonds. The molecule has 68 valence electrons. The molecule has 0 aliphatic heterocycles. The third-order valence-corrected chi connectivity index (χ3v) is 1.82. The van der Waals surface area contributed by atoms with E-state index < -0.39 is 0 Å². The molecule has 1 aromatic rings. The molecule has 0 spiro atoms. The minimum Gasteiger partial charge on any atom is -0.298 e. The van der Waals surface area contributed by atoms with Gasteiger partial charge < -0.3 is 0 Å². The molecule has 0 N–H and O–H groups in total. The summed E-state index contributed by atoms with van der Waals surface area (Å²) in [6.07, 6.45) is 2.13. The standard InChI is InChI=1S/C11H12O2/c1-2-4-11(13)10-6-3-5-9(7-10)8-12/h3,5-8H,2,4H2,1H3. The molecule has 0 atom stereocenters. The summed E-state index contributed by atoms with van der Waals surface area (Å²) in [6.45, 7) is 1.96. The van der Waals surface area contributed by atoms with Crippen LogP contribution in [0, 0.1) is 0 Å². The lowest BCUT2D eigenvalue weighted by Gasteiger charge is -1.98. The molecule has 0 heterocycles. The summed E-state index contributed by atoms with van der Waals surface area (Å²) in [7, 11) is 0. The Morgan fingerprint density at radius 1 is 1.46 bits per heavy atom. The molecule has 2 heteroatoms. The van der Waals surface area contributed by atoms with Crippen molar-refractivity contribution in [2.24, 2.45) is 0 Å². The summed E-state index contributed by atoms with van der Waals surface area (Å²) in [5.41, 5.74) is 1.19.